The predicted molar refractivity (Wildman–Crippen MR) is 85.1 cm³/mol. The molecule has 2 aromatic rings. The molecule has 0 fully saturated rings. The van der Waals surface area contributed by atoms with E-state index in [2.05, 4.69) is 10.4 Å². The monoisotopic (exact) mass is 393 g/mol. The topological polar surface area (TPSA) is 46.9 Å². The standard InChI is InChI=1S/C17H17F6N3O/c1-11-13(10-26(25-11)9-12-5-3-2-4-6-12)15(27)24-8-7-14(16(18,19)20)17(21,22)23/h2-6,10,14H,7-9H2,1H3,(H,24,27). The van der Waals surface area contributed by atoms with E-state index in [0.29, 0.717) is 12.2 Å². The number of hydrogen-bond donors (Lipinski definition) is 1. The number of halogens is 6. The number of nitrogens with zero attached hydrogens (tertiary/aromatic N) is 2. The smallest absolute Gasteiger partial charge is 0.352 e. The van der Waals surface area contributed by atoms with Gasteiger partial charge in [-0.1, -0.05) is 30.3 Å². The number of carbonyl (C=O) groups is 1. The molecule has 27 heavy (non-hydrogen) atoms. The number of carbonyl (C=O) groups excluding carboxylic acids is 1. The predicted octanol–water partition coefficient (Wildman–Crippen LogP) is 4.10. The Hall–Kier alpha value is -2.52. The molecule has 1 amide bonds. The maximum atomic E-state index is 12.5. The number of aromatic nitrogens is 2. The molecule has 0 bridgehead atoms. The van der Waals surface area contributed by atoms with Gasteiger partial charge in [0.15, 0.2) is 5.92 Å². The van der Waals surface area contributed by atoms with E-state index in [1.54, 1.807) is 0 Å². The molecule has 0 spiro atoms. The van der Waals surface area contributed by atoms with Gasteiger partial charge in [-0.2, -0.15) is 31.4 Å². The van der Waals surface area contributed by atoms with Crippen molar-refractivity contribution in [3.63, 3.8) is 0 Å². The first kappa shape index (κ1) is 20.8. The van der Waals surface area contributed by atoms with E-state index in [4.69, 9.17) is 0 Å². The van der Waals surface area contributed by atoms with Crippen molar-refractivity contribution in [2.24, 2.45) is 5.92 Å². The number of benzene rings is 1. The third kappa shape index (κ3) is 5.73. The molecule has 1 heterocycles. The second-order valence-electron chi connectivity index (χ2n) is 5.99. The van der Waals surface area contributed by atoms with Gasteiger partial charge in [-0.05, 0) is 18.9 Å². The number of hydrogen-bond acceptors (Lipinski definition) is 2. The lowest BCUT2D eigenvalue weighted by atomic mass is 10.0. The highest BCUT2D eigenvalue weighted by Gasteiger charge is 2.55. The summed E-state index contributed by atoms with van der Waals surface area (Å²) >= 11 is 0. The Morgan fingerprint density at radius 1 is 1.11 bits per heavy atom. The Kier molecular flexibility index (Phi) is 6.17. The molecule has 1 aromatic carbocycles. The molecule has 0 saturated carbocycles. The Morgan fingerprint density at radius 3 is 2.26 bits per heavy atom. The van der Waals surface area contributed by atoms with E-state index in [1.165, 1.54) is 17.8 Å². The van der Waals surface area contributed by atoms with Crippen molar-refractivity contribution in [3.8, 4) is 0 Å². The quantitative estimate of drug-likeness (QED) is 0.752. The Labute approximate surface area is 151 Å². The fourth-order valence-corrected chi connectivity index (χ4v) is 2.53. The van der Waals surface area contributed by atoms with E-state index >= 15 is 0 Å². The average molecular weight is 393 g/mol. The van der Waals surface area contributed by atoms with Crippen molar-refractivity contribution in [2.75, 3.05) is 6.54 Å². The summed E-state index contributed by atoms with van der Waals surface area (Å²) in [6.45, 7) is 1.15. The van der Waals surface area contributed by atoms with Gasteiger partial charge in [-0.15, -0.1) is 0 Å². The summed E-state index contributed by atoms with van der Waals surface area (Å²) in [4.78, 5) is 12.1. The highest BCUT2D eigenvalue weighted by molar-refractivity contribution is 5.94. The zero-order valence-electron chi connectivity index (χ0n) is 14.2. The summed E-state index contributed by atoms with van der Waals surface area (Å²) in [6.07, 6.45) is -10.7. The van der Waals surface area contributed by atoms with Crippen LogP contribution < -0.4 is 5.32 Å². The molecular weight excluding hydrogens is 376 g/mol. The largest absolute Gasteiger partial charge is 0.400 e. The Bertz CT molecular complexity index is 753. The van der Waals surface area contributed by atoms with E-state index < -0.39 is 37.1 Å². The molecule has 0 radical (unpaired) electrons. The molecule has 4 nitrogen and oxygen atoms in total. The number of rotatable bonds is 6. The molecule has 0 aliphatic rings. The summed E-state index contributed by atoms with van der Waals surface area (Å²) < 4.78 is 76.4. The minimum Gasteiger partial charge on any atom is -0.352 e. The van der Waals surface area contributed by atoms with Crippen molar-refractivity contribution in [2.45, 2.75) is 32.2 Å². The molecule has 0 atom stereocenters. The van der Waals surface area contributed by atoms with Crippen molar-refractivity contribution in [1.82, 2.24) is 15.1 Å². The summed E-state index contributed by atoms with van der Waals surface area (Å²) in [5.41, 5.74) is 1.35. The minimum atomic E-state index is -5.42. The first-order valence-corrected chi connectivity index (χ1v) is 7.98. The number of alkyl halides is 6. The van der Waals surface area contributed by atoms with Gasteiger partial charge in [0.1, 0.15) is 0 Å². The van der Waals surface area contributed by atoms with Gasteiger partial charge < -0.3 is 5.32 Å². The number of amides is 1. The fourth-order valence-electron chi connectivity index (χ4n) is 2.53. The summed E-state index contributed by atoms with van der Waals surface area (Å²) in [5, 5.41) is 6.24. The average Bonchev–Trinajstić information content (AvgIpc) is 2.90. The van der Waals surface area contributed by atoms with Crippen LogP contribution in [0, 0.1) is 12.8 Å². The third-order valence-corrected chi connectivity index (χ3v) is 3.89. The van der Waals surface area contributed by atoms with Crippen LogP contribution in [0.4, 0.5) is 26.3 Å². The van der Waals surface area contributed by atoms with E-state index in [1.807, 2.05) is 30.3 Å². The molecule has 148 valence electrons. The molecule has 0 unspecified atom stereocenters. The second kappa shape index (κ2) is 8.01. The van der Waals surface area contributed by atoms with Gasteiger partial charge in [0.2, 0.25) is 0 Å². The Balaban J connectivity index is 1.98. The summed E-state index contributed by atoms with van der Waals surface area (Å²) in [7, 11) is 0. The maximum absolute atomic E-state index is 12.5. The van der Waals surface area contributed by atoms with E-state index in [0.717, 1.165) is 5.56 Å². The van der Waals surface area contributed by atoms with Gasteiger partial charge in [0, 0.05) is 12.7 Å². The summed E-state index contributed by atoms with van der Waals surface area (Å²) in [5.74, 6) is -4.25. The van der Waals surface area contributed by atoms with Crippen molar-refractivity contribution in [3.05, 3.63) is 53.3 Å². The molecule has 10 heteroatoms. The van der Waals surface area contributed by atoms with Gasteiger partial charge in [0.05, 0.1) is 17.8 Å². The van der Waals surface area contributed by atoms with Gasteiger partial charge in [-0.25, -0.2) is 0 Å². The minimum absolute atomic E-state index is 0.0986. The van der Waals surface area contributed by atoms with E-state index in [9.17, 15) is 31.1 Å². The van der Waals surface area contributed by atoms with Crippen LogP contribution in [0.3, 0.4) is 0 Å². The molecule has 1 aromatic heterocycles. The van der Waals surface area contributed by atoms with Crippen LogP contribution in [0.15, 0.2) is 36.5 Å². The zero-order chi connectivity index (χ0) is 20.2. The fraction of sp³-hybridized carbons (Fsp3) is 0.412. The molecule has 0 aliphatic carbocycles. The normalized spacial score (nSPS) is 12.4. The maximum Gasteiger partial charge on any atom is 0.400 e. The van der Waals surface area contributed by atoms with Crippen LogP contribution in [0.2, 0.25) is 0 Å². The zero-order valence-corrected chi connectivity index (χ0v) is 14.2. The summed E-state index contributed by atoms with van der Waals surface area (Å²) in [6, 6.07) is 9.20. The molecule has 2 rings (SSSR count). The van der Waals surface area contributed by atoms with E-state index in [-0.39, 0.29) is 5.56 Å². The first-order chi connectivity index (χ1) is 12.5. The van der Waals surface area contributed by atoms with Crippen molar-refractivity contribution in [1.29, 1.82) is 0 Å². The lowest BCUT2D eigenvalue weighted by Crippen LogP contribution is -2.39. The molecule has 0 aliphatic heterocycles. The number of nitrogens with one attached hydrogen (secondary N) is 1. The van der Waals surface area contributed by atoms with Crippen LogP contribution in [0.25, 0.3) is 0 Å². The van der Waals surface area contributed by atoms with Crippen LogP contribution in [0.5, 0.6) is 0 Å². The second-order valence-corrected chi connectivity index (χ2v) is 5.99. The van der Waals surface area contributed by atoms with Gasteiger partial charge in [0.25, 0.3) is 5.91 Å². The van der Waals surface area contributed by atoms with Crippen LogP contribution in [-0.2, 0) is 6.54 Å². The lowest BCUT2D eigenvalue weighted by molar-refractivity contribution is -0.285. The van der Waals surface area contributed by atoms with Crippen LogP contribution in [-0.4, -0.2) is 34.6 Å². The highest BCUT2D eigenvalue weighted by atomic mass is 19.4. The molecule has 0 saturated heterocycles. The SMILES string of the molecule is Cc1nn(Cc2ccccc2)cc1C(=O)NCCC(C(F)(F)F)C(F)(F)F. The van der Waals surface area contributed by atoms with Gasteiger partial charge >= 0.3 is 12.4 Å². The van der Waals surface area contributed by atoms with Crippen molar-refractivity contribution >= 4 is 5.91 Å². The molecule has 1 N–H and O–H groups in total. The van der Waals surface area contributed by atoms with Crippen LogP contribution >= 0.6 is 0 Å². The highest BCUT2D eigenvalue weighted by Crippen LogP contribution is 2.41. The lowest BCUT2D eigenvalue weighted by Gasteiger charge is -2.22. The molecular formula is C17H17F6N3O. The third-order valence-electron chi connectivity index (χ3n) is 3.89. The van der Waals surface area contributed by atoms with Crippen molar-refractivity contribution < 1.29 is 31.1 Å². The van der Waals surface area contributed by atoms with Crippen LogP contribution in [0.1, 0.15) is 28.0 Å². The number of aryl methyl sites for hydroxylation is 1. The van der Waals surface area contributed by atoms with Gasteiger partial charge in [-0.3, -0.25) is 9.48 Å². The first-order valence-electron chi connectivity index (χ1n) is 7.98. The Morgan fingerprint density at radius 2 is 1.70 bits per heavy atom.